The zero-order chi connectivity index (χ0) is 25.1. The van der Waals surface area contributed by atoms with Gasteiger partial charge in [-0.05, 0) is 49.8 Å². The summed E-state index contributed by atoms with van der Waals surface area (Å²) < 4.78 is 0. The maximum Gasteiger partial charge on any atom is 0.255 e. The standard InChI is InChI=1S/C28H34N4O4/c33-25-12-11-24(27(35)30-25)32-18-23-20(5-4-8-22(23)28(32)36)10-9-19-13-15-31(16-14-19)26(34)17-29-21-6-2-1-3-7-21/h4-5,8,19,21,24,29H,1-3,6-7,11-18H2,(H,30,33,35). The molecule has 1 atom stereocenters. The summed E-state index contributed by atoms with van der Waals surface area (Å²) in [5, 5.41) is 5.78. The molecule has 1 saturated carbocycles. The Morgan fingerprint density at radius 1 is 1.03 bits per heavy atom. The number of likely N-dealkylation sites (tertiary alicyclic amines) is 1. The van der Waals surface area contributed by atoms with E-state index in [0.29, 0.717) is 31.1 Å². The average Bonchev–Trinajstić information content (AvgIpc) is 3.23. The van der Waals surface area contributed by atoms with E-state index in [4.69, 9.17) is 0 Å². The summed E-state index contributed by atoms with van der Waals surface area (Å²) in [7, 11) is 0. The molecule has 3 fully saturated rings. The summed E-state index contributed by atoms with van der Waals surface area (Å²) in [6.07, 6.45) is 8.43. The van der Waals surface area contributed by atoms with Crippen molar-refractivity contribution in [2.45, 2.75) is 76.4 Å². The van der Waals surface area contributed by atoms with Crippen molar-refractivity contribution in [1.82, 2.24) is 20.4 Å². The van der Waals surface area contributed by atoms with Crippen molar-refractivity contribution in [3.63, 3.8) is 0 Å². The van der Waals surface area contributed by atoms with Gasteiger partial charge < -0.3 is 15.1 Å². The van der Waals surface area contributed by atoms with Crippen LogP contribution in [0.4, 0.5) is 0 Å². The van der Waals surface area contributed by atoms with Crippen molar-refractivity contribution in [1.29, 1.82) is 0 Å². The number of nitrogens with one attached hydrogen (secondary N) is 2. The molecule has 1 unspecified atom stereocenters. The largest absolute Gasteiger partial charge is 0.342 e. The van der Waals surface area contributed by atoms with Gasteiger partial charge in [0.25, 0.3) is 5.91 Å². The summed E-state index contributed by atoms with van der Waals surface area (Å²) >= 11 is 0. The van der Waals surface area contributed by atoms with Gasteiger partial charge in [-0.25, -0.2) is 0 Å². The summed E-state index contributed by atoms with van der Waals surface area (Å²) in [6.45, 7) is 2.19. The van der Waals surface area contributed by atoms with E-state index >= 15 is 0 Å². The Labute approximate surface area is 212 Å². The van der Waals surface area contributed by atoms with Crippen LogP contribution in [0, 0.1) is 17.8 Å². The van der Waals surface area contributed by atoms with E-state index in [1.165, 1.54) is 32.1 Å². The van der Waals surface area contributed by atoms with Crippen LogP contribution in [-0.4, -0.2) is 65.1 Å². The Kier molecular flexibility index (Phi) is 7.38. The molecule has 0 spiro atoms. The number of piperidine rings is 2. The van der Waals surface area contributed by atoms with Crippen LogP contribution in [0.15, 0.2) is 18.2 Å². The third-order valence-corrected chi connectivity index (χ3v) is 7.99. The van der Waals surface area contributed by atoms with Gasteiger partial charge in [0.1, 0.15) is 6.04 Å². The monoisotopic (exact) mass is 490 g/mol. The van der Waals surface area contributed by atoms with E-state index in [2.05, 4.69) is 22.5 Å². The first-order chi connectivity index (χ1) is 17.5. The fourth-order valence-electron chi connectivity index (χ4n) is 5.81. The number of hydrogen-bond donors (Lipinski definition) is 2. The number of hydrogen-bond acceptors (Lipinski definition) is 5. The lowest BCUT2D eigenvalue weighted by Gasteiger charge is -2.31. The normalized spacial score (nSPS) is 23.2. The Hall–Kier alpha value is -3.18. The van der Waals surface area contributed by atoms with Crippen LogP contribution in [0.1, 0.15) is 79.3 Å². The van der Waals surface area contributed by atoms with Crippen LogP contribution in [-0.2, 0) is 20.9 Å². The van der Waals surface area contributed by atoms with E-state index < -0.39 is 11.9 Å². The lowest BCUT2D eigenvalue weighted by atomic mass is 9.95. The van der Waals surface area contributed by atoms with Gasteiger partial charge in [-0.1, -0.05) is 37.2 Å². The highest BCUT2D eigenvalue weighted by molar-refractivity contribution is 6.05. The first-order valence-electron chi connectivity index (χ1n) is 13.3. The van der Waals surface area contributed by atoms with Gasteiger partial charge in [-0.2, -0.15) is 0 Å². The van der Waals surface area contributed by atoms with Crippen molar-refractivity contribution in [3.05, 3.63) is 34.9 Å². The van der Waals surface area contributed by atoms with Gasteiger partial charge in [-0.3, -0.25) is 24.5 Å². The molecule has 36 heavy (non-hydrogen) atoms. The zero-order valence-corrected chi connectivity index (χ0v) is 20.7. The van der Waals surface area contributed by atoms with E-state index in [9.17, 15) is 19.2 Å². The van der Waals surface area contributed by atoms with Crippen LogP contribution in [0.2, 0.25) is 0 Å². The average molecular weight is 491 g/mol. The molecule has 1 aromatic rings. The minimum atomic E-state index is -0.627. The number of fused-ring (bicyclic) bond motifs is 1. The minimum absolute atomic E-state index is 0.180. The van der Waals surface area contributed by atoms with E-state index in [0.717, 1.165) is 37.1 Å². The number of benzene rings is 1. The lowest BCUT2D eigenvalue weighted by Crippen LogP contribution is -2.52. The third kappa shape index (κ3) is 5.31. The molecule has 2 saturated heterocycles. The molecule has 8 nitrogen and oxygen atoms in total. The third-order valence-electron chi connectivity index (χ3n) is 7.99. The molecule has 4 amide bonds. The lowest BCUT2D eigenvalue weighted by molar-refractivity contribution is -0.137. The molecule has 1 aliphatic carbocycles. The number of amides is 4. The number of carbonyl (C=O) groups is 4. The van der Waals surface area contributed by atoms with Crippen molar-refractivity contribution in [2.24, 2.45) is 5.92 Å². The second-order valence-electron chi connectivity index (χ2n) is 10.4. The molecular weight excluding hydrogens is 456 g/mol. The van der Waals surface area contributed by atoms with Gasteiger partial charge in [0.05, 0.1) is 6.54 Å². The Balaban J connectivity index is 1.16. The molecule has 1 aromatic carbocycles. The Bertz CT molecular complexity index is 1110. The Morgan fingerprint density at radius 2 is 1.81 bits per heavy atom. The molecule has 0 aromatic heterocycles. The van der Waals surface area contributed by atoms with E-state index in [1.54, 1.807) is 11.0 Å². The highest BCUT2D eigenvalue weighted by Crippen LogP contribution is 2.29. The van der Waals surface area contributed by atoms with Crippen molar-refractivity contribution < 1.29 is 19.2 Å². The molecule has 3 heterocycles. The minimum Gasteiger partial charge on any atom is -0.342 e. The van der Waals surface area contributed by atoms with Gasteiger partial charge in [0, 0.05) is 49.1 Å². The first kappa shape index (κ1) is 24.5. The molecule has 3 aliphatic heterocycles. The molecule has 0 radical (unpaired) electrons. The number of nitrogens with zero attached hydrogens (tertiary/aromatic N) is 2. The van der Waals surface area contributed by atoms with Crippen LogP contribution in [0.25, 0.3) is 0 Å². The molecule has 4 aliphatic rings. The predicted octanol–water partition coefficient (Wildman–Crippen LogP) is 1.96. The second kappa shape index (κ2) is 10.8. The molecule has 2 N–H and O–H groups in total. The summed E-state index contributed by atoms with van der Waals surface area (Å²) in [4.78, 5) is 53.0. The highest BCUT2D eigenvalue weighted by atomic mass is 16.2. The highest BCUT2D eigenvalue weighted by Gasteiger charge is 2.39. The van der Waals surface area contributed by atoms with E-state index in [1.807, 2.05) is 17.0 Å². The zero-order valence-electron chi connectivity index (χ0n) is 20.7. The van der Waals surface area contributed by atoms with Crippen molar-refractivity contribution in [3.8, 4) is 11.8 Å². The summed E-state index contributed by atoms with van der Waals surface area (Å²) in [5.41, 5.74) is 2.24. The van der Waals surface area contributed by atoms with Crippen LogP contribution in [0.5, 0.6) is 0 Å². The van der Waals surface area contributed by atoms with E-state index in [-0.39, 0.29) is 30.1 Å². The number of imide groups is 1. The quantitative estimate of drug-likeness (QED) is 0.497. The molecule has 5 rings (SSSR count). The first-order valence-corrected chi connectivity index (χ1v) is 13.3. The van der Waals surface area contributed by atoms with Gasteiger partial charge >= 0.3 is 0 Å². The summed E-state index contributed by atoms with van der Waals surface area (Å²) in [6, 6.07) is 5.38. The summed E-state index contributed by atoms with van der Waals surface area (Å²) in [5.74, 6) is 6.17. The fraction of sp³-hybridized carbons (Fsp3) is 0.571. The maximum atomic E-state index is 13.0. The molecule has 8 heteroatoms. The topological polar surface area (TPSA) is 98.8 Å². The van der Waals surface area contributed by atoms with Crippen LogP contribution in [0.3, 0.4) is 0 Å². The SMILES string of the molecule is O=C1CCC(N2Cc3c(C#CC4CCN(C(=O)CNC5CCCCC5)CC4)cccc3C2=O)C(=O)N1. The van der Waals surface area contributed by atoms with Crippen molar-refractivity contribution >= 4 is 23.6 Å². The molecular formula is C28H34N4O4. The van der Waals surface area contributed by atoms with Gasteiger partial charge in [-0.15, -0.1) is 0 Å². The van der Waals surface area contributed by atoms with Crippen LogP contribution < -0.4 is 10.6 Å². The van der Waals surface area contributed by atoms with Crippen molar-refractivity contribution in [2.75, 3.05) is 19.6 Å². The number of carbonyl (C=O) groups excluding carboxylic acids is 4. The van der Waals surface area contributed by atoms with Crippen LogP contribution >= 0.6 is 0 Å². The predicted molar refractivity (Wildman–Crippen MR) is 134 cm³/mol. The number of rotatable bonds is 4. The van der Waals surface area contributed by atoms with Gasteiger partial charge in [0.2, 0.25) is 17.7 Å². The maximum absolute atomic E-state index is 13.0. The van der Waals surface area contributed by atoms with Gasteiger partial charge in [0.15, 0.2) is 0 Å². The fourth-order valence-corrected chi connectivity index (χ4v) is 5.81. The molecule has 0 bridgehead atoms. The Morgan fingerprint density at radius 3 is 2.56 bits per heavy atom. The smallest absolute Gasteiger partial charge is 0.255 e. The second-order valence-corrected chi connectivity index (χ2v) is 10.4. The molecule has 190 valence electrons.